The second-order valence-corrected chi connectivity index (χ2v) is 5.83. The Morgan fingerprint density at radius 3 is 2.28 bits per heavy atom. The van der Waals surface area contributed by atoms with Crippen molar-refractivity contribution in [3.05, 3.63) is 62.0 Å². The zero-order valence-corrected chi connectivity index (χ0v) is 12.9. The molecule has 0 aliphatic heterocycles. The summed E-state index contributed by atoms with van der Waals surface area (Å²) in [6, 6.07) is 10.9. The minimum atomic E-state index is -0.0204. The predicted molar refractivity (Wildman–Crippen MR) is 80.9 cm³/mol. The molecule has 2 rings (SSSR count). The largest absolute Gasteiger partial charge is 0.398 e. The molecule has 0 saturated carbocycles. The van der Waals surface area contributed by atoms with E-state index in [1.165, 1.54) is 0 Å². The topological polar surface area (TPSA) is 43.1 Å². The molecule has 0 saturated heterocycles. The average Bonchev–Trinajstić information content (AvgIpc) is 2.34. The van der Waals surface area contributed by atoms with Crippen LogP contribution in [0.2, 0.25) is 0 Å². The van der Waals surface area contributed by atoms with E-state index in [2.05, 4.69) is 31.9 Å². The molecule has 0 amide bonds. The predicted octanol–water partition coefficient (Wildman–Crippen LogP) is 4.33. The number of carbonyl (C=O) groups excluding carboxylic acids is 1. The molecule has 0 aliphatic rings. The molecule has 0 atom stereocenters. The van der Waals surface area contributed by atoms with Gasteiger partial charge in [-0.2, -0.15) is 0 Å². The first-order valence-corrected chi connectivity index (χ1v) is 6.93. The maximum Gasteiger partial charge on any atom is 0.193 e. The summed E-state index contributed by atoms with van der Waals surface area (Å²) in [5, 5.41) is 0. The number of hydrogen-bond acceptors (Lipinski definition) is 2. The Morgan fingerprint density at radius 2 is 1.67 bits per heavy atom. The summed E-state index contributed by atoms with van der Waals surface area (Å²) >= 11 is 6.71. The van der Waals surface area contributed by atoms with Crippen molar-refractivity contribution in [1.82, 2.24) is 0 Å². The smallest absolute Gasteiger partial charge is 0.193 e. The van der Waals surface area contributed by atoms with E-state index in [1.54, 1.807) is 24.3 Å². The zero-order valence-electron chi connectivity index (χ0n) is 9.71. The molecule has 2 nitrogen and oxygen atoms in total. The highest BCUT2D eigenvalue weighted by Crippen LogP contribution is 2.25. The lowest BCUT2D eigenvalue weighted by Gasteiger charge is -2.09. The van der Waals surface area contributed by atoms with Crippen LogP contribution in [0.4, 0.5) is 5.69 Å². The lowest BCUT2D eigenvalue weighted by atomic mass is 9.98. The minimum absolute atomic E-state index is 0.0204. The molecule has 2 aromatic carbocycles. The number of benzene rings is 2. The maximum absolute atomic E-state index is 12.4. The average molecular weight is 369 g/mol. The highest BCUT2D eigenvalue weighted by atomic mass is 79.9. The molecule has 0 aliphatic carbocycles. The maximum atomic E-state index is 12.4. The van der Waals surface area contributed by atoms with Gasteiger partial charge in [0.15, 0.2) is 5.78 Å². The summed E-state index contributed by atoms with van der Waals surface area (Å²) < 4.78 is 1.76. The Labute approximate surface area is 122 Å². The molecule has 0 unspecified atom stereocenters. The molecule has 4 heteroatoms. The van der Waals surface area contributed by atoms with Gasteiger partial charge in [-0.25, -0.2) is 0 Å². The van der Waals surface area contributed by atoms with Gasteiger partial charge in [0.2, 0.25) is 0 Å². The zero-order chi connectivity index (χ0) is 13.3. The van der Waals surface area contributed by atoms with Crippen LogP contribution < -0.4 is 5.73 Å². The van der Waals surface area contributed by atoms with Gasteiger partial charge >= 0.3 is 0 Å². The first kappa shape index (κ1) is 13.3. The molecule has 2 aromatic rings. The van der Waals surface area contributed by atoms with Crippen LogP contribution in [0.3, 0.4) is 0 Å². The van der Waals surface area contributed by atoms with Gasteiger partial charge in [0.25, 0.3) is 0 Å². The van der Waals surface area contributed by atoms with Gasteiger partial charge in [-0.3, -0.25) is 4.79 Å². The van der Waals surface area contributed by atoms with Crippen LogP contribution in [0.25, 0.3) is 0 Å². The third-order valence-corrected chi connectivity index (χ3v) is 3.75. The van der Waals surface area contributed by atoms with E-state index in [9.17, 15) is 4.79 Å². The number of nitrogens with two attached hydrogens (primary N) is 1. The van der Waals surface area contributed by atoms with E-state index in [0.717, 1.165) is 14.5 Å². The summed E-state index contributed by atoms with van der Waals surface area (Å²) in [4.78, 5) is 12.4. The number of ketones is 1. The molecule has 0 fully saturated rings. The number of hydrogen-bond donors (Lipinski definition) is 1. The highest BCUT2D eigenvalue weighted by molar-refractivity contribution is 9.10. The van der Waals surface area contributed by atoms with Crippen LogP contribution in [0, 0.1) is 6.92 Å². The molecular weight excluding hydrogens is 358 g/mol. The highest BCUT2D eigenvalue weighted by Gasteiger charge is 2.14. The summed E-state index contributed by atoms with van der Waals surface area (Å²) in [7, 11) is 0. The van der Waals surface area contributed by atoms with E-state index >= 15 is 0 Å². The van der Waals surface area contributed by atoms with Gasteiger partial charge in [-0.15, -0.1) is 0 Å². The van der Waals surface area contributed by atoms with E-state index in [-0.39, 0.29) is 5.78 Å². The van der Waals surface area contributed by atoms with Crippen molar-refractivity contribution < 1.29 is 4.79 Å². The SMILES string of the molecule is Cc1c(N)cc(Br)cc1C(=O)c1ccc(Br)cc1. The lowest BCUT2D eigenvalue weighted by Crippen LogP contribution is -2.05. The van der Waals surface area contributed by atoms with Crippen molar-refractivity contribution in [1.29, 1.82) is 0 Å². The number of rotatable bonds is 2. The molecule has 18 heavy (non-hydrogen) atoms. The molecular formula is C14H11Br2NO. The van der Waals surface area contributed by atoms with E-state index in [4.69, 9.17) is 5.73 Å². The summed E-state index contributed by atoms with van der Waals surface area (Å²) in [5.74, 6) is -0.0204. The summed E-state index contributed by atoms with van der Waals surface area (Å²) in [6.07, 6.45) is 0. The molecule has 0 radical (unpaired) electrons. The molecule has 0 bridgehead atoms. The number of carbonyl (C=O) groups is 1. The van der Waals surface area contributed by atoms with Crippen LogP contribution in [0.1, 0.15) is 21.5 Å². The molecule has 0 heterocycles. The number of anilines is 1. The monoisotopic (exact) mass is 367 g/mol. The Balaban J connectivity index is 2.49. The fraction of sp³-hybridized carbons (Fsp3) is 0.0714. The van der Waals surface area contributed by atoms with Crippen molar-refractivity contribution in [2.24, 2.45) is 0 Å². The van der Waals surface area contributed by atoms with Gasteiger partial charge in [0.1, 0.15) is 0 Å². The third-order valence-electron chi connectivity index (χ3n) is 2.76. The summed E-state index contributed by atoms with van der Waals surface area (Å²) in [6.45, 7) is 1.86. The van der Waals surface area contributed by atoms with Gasteiger partial charge < -0.3 is 5.73 Å². The van der Waals surface area contributed by atoms with E-state index < -0.39 is 0 Å². The molecule has 2 N–H and O–H groups in total. The number of halogens is 2. The van der Waals surface area contributed by atoms with Crippen molar-refractivity contribution in [2.45, 2.75) is 6.92 Å². The molecule has 92 valence electrons. The lowest BCUT2D eigenvalue weighted by molar-refractivity contribution is 0.103. The second kappa shape index (κ2) is 5.24. The molecule has 0 aromatic heterocycles. The Kier molecular flexibility index (Phi) is 3.88. The van der Waals surface area contributed by atoms with Gasteiger partial charge in [0, 0.05) is 25.8 Å². The van der Waals surface area contributed by atoms with Crippen molar-refractivity contribution in [2.75, 3.05) is 5.73 Å². The Hall–Kier alpha value is -1.13. The quantitative estimate of drug-likeness (QED) is 0.633. The molecule has 0 spiro atoms. The Morgan fingerprint density at radius 1 is 1.06 bits per heavy atom. The van der Waals surface area contributed by atoms with Crippen LogP contribution in [-0.2, 0) is 0 Å². The van der Waals surface area contributed by atoms with Crippen molar-refractivity contribution in [3.8, 4) is 0 Å². The Bertz CT molecular complexity index is 606. The second-order valence-electron chi connectivity index (χ2n) is 4.00. The first-order chi connectivity index (χ1) is 8.49. The fourth-order valence-corrected chi connectivity index (χ4v) is 2.43. The number of nitrogen functional groups attached to an aromatic ring is 1. The van der Waals surface area contributed by atoms with Gasteiger partial charge in [-0.05, 0) is 48.9 Å². The van der Waals surface area contributed by atoms with E-state index in [0.29, 0.717) is 16.8 Å². The van der Waals surface area contributed by atoms with Gasteiger partial charge in [-0.1, -0.05) is 31.9 Å². The standard InChI is InChI=1S/C14H11Br2NO/c1-8-12(6-11(16)7-13(8)17)14(18)9-2-4-10(15)5-3-9/h2-7H,17H2,1H3. The van der Waals surface area contributed by atoms with Crippen molar-refractivity contribution >= 4 is 43.3 Å². The van der Waals surface area contributed by atoms with Crippen LogP contribution >= 0.6 is 31.9 Å². The van der Waals surface area contributed by atoms with Gasteiger partial charge in [0.05, 0.1) is 0 Å². The van der Waals surface area contributed by atoms with Crippen molar-refractivity contribution in [3.63, 3.8) is 0 Å². The third kappa shape index (κ3) is 2.65. The fourth-order valence-electron chi connectivity index (χ4n) is 1.69. The van der Waals surface area contributed by atoms with Crippen LogP contribution in [0.5, 0.6) is 0 Å². The first-order valence-electron chi connectivity index (χ1n) is 5.35. The minimum Gasteiger partial charge on any atom is -0.398 e. The van der Waals surface area contributed by atoms with E-state index in [1.807, 2.05) is 19.1 Å². The normalized spacial score (nSPS) is 10.4. The summed E-state index contributed by atoms with van der Waals surface area (Å²) in [5.41, 5.74) is 8.58. The van der Waals surface area contributed by atoms with Crippen LogP contribution in [-0.4, -0.2) is 5.78 Å². The van der Waals surface area contributed by atoms with Crippen LogP contribution in [0.15, 0.2) is 45.3 Å².